The molecule has 15 heavy (non-hydrogen) atoms. The van der Waals surface area contributed by atoms with Crippen LogP contribution in [0, 0.1) is 11.8 Å². The highest BCUT2D eigenvalue weighted by atomic mass is 16.3. The van der Waals surface area contributed by atoms with Gasteiger partial charge < -0.3 is 5.11 Å². The lowest BCUT2D eigenvalue weighted by Gasteiger charge is -2.23. The molecule has 0 spiro atoms. The number of rotatable bonds is 7. The number of aliphatic hydroxyl groups is 1. The van der Waals surface area contributed by atoms with Crippen molar-refractivity contribution in [3.63, 3.8) is 0 Å². The lowest BCUT2D eigenvalue weighted by atomic mass is 9.83. The highest BCUT2D eigenvalue weighted by Crippen LogP contribution is 2.30. The SMILES string of the molecule is CCCC(CCO)CCC1CCCCC1. The molecule has 1 saturated carbocycles. The van der Waals surface area contributed by atoms with Gasteiger partial charge in [-0.05, 0) is 18.3 Å². The van der Waals surface area contributed by atoms with E-state index in [9.17, 15) is 0 Å². The molecule has 1 aliphatic rings. The first kappa shape index (κ1) is 13.0. The first-order valence-corrected chi connectivity index (χ1v) is 6.97. The normalized spacial score (nSPS) is 20.4. The van der Waals surface area contributed by atoms with Crippen molar-refractivity contribution < 1.29 is 5.11 Å². The van der Waals surface area contributed by atoms with Crippen LogP contribution in [-0.4, -0.2) is 11.7 Å². The molecule has 0 bridgehead atoms. The number of hydrogen-bond acceptors (Lipinski definition) is 1. The smallest absolute Gasteiger partial charge is 0.0433 e. The first-order chi connectivity index (χ1) is 7.36. The Morgan fingerprint density at radius 2 is 1.80 bits per heavy atom. The van der Waals surface area contributed by atoms with Crippen molar-refractivity contribution in [3.05, 3.63) is 0 Å². The standard InChI is InChI=1S/C14H28O/c1-2-6-13(11-12-15)9-10-14-7-4-3-5-8-14/h13-15H,2-12H2,1H3. The summed E-state index contributed by atoms with van der Waals surface area (Å²) in [4.78, 5) is 0. The largest absolute Gasteiger partial charge is 0.396 e. The maximum absolute atomic E-state index is 9.00. The molecule has 1 rings (SSSR count). The van der Waals surface area contributed by atoms with Crippen LogP contribution < -0.4 is 0 Å². The zero-order chi connectivity index (χ0) is 10.9. The molecule has 0 aliphatic heterocycles. The first-order valence-electron chi connectivity index (χ1n) is 6.97. The number of aliphatic hydroxyl groups excluding tert-OH is 1. The van der Waals surface area contributed by atoms with E-state index in [1.54, 1.807) is 0 Å². The molecule has 0 aromatic rings. The fourth-order valence-electron chi connectivity index (χ4n) is 2.97. The highest BCUT2D eigenvalue weighted by Gasteiger charge is 2.15. The zero-order valence-corrected chi connectivity index (χ0v) is 10.4. The van der Waals surface area contributed by atoms with Crippen molar-refractivity contribution in [2.75, 3.05) is 6.61 Å². The van der Waals surface area contributed by atoms with Crippen molar-refractivity contribution >= 4 is 0 Å². The Morgan fingerprint density at radius 3 is 2.40 bits per heavy atom. The average Bonchev–Trinajstić information content (AvgIpc) is 2.28. The van der Waals surface area contributed by atoms with Crippen molar-refractivity contribution in [3.8, 4) is 0 Å². The van der Waals surface area contributed by atoms with E-state index in [4.69, 9.17) is 5.11 Å². The van der Waals surface area contributed by atoms with Gasteiger partial charge in [0.25, 0.3) is 0 Å². The van der Waals surface area contributed by atoms with E-state index in [-0.39, 0.29) is 0 Å². The third-order valence-corrected chi connectivity index (χ3v) is 3.94. The van der Waals surface area contributed by atoms with Gasteiger partial charge in [-0.3, -0.25) is 0 Å². The summed E-state index contributed by atoms with van der Waals surface area (Å²) in [7, 11) is 0. The Labute approximate surface area is 95.3 Å². The van der Waals surface area contributed by atoms with E-state index in [2.05, 4.69) is 6.92 Å². The summed E-state index contributed by atoms with van der Waals surface area (Å²) in [6, 6.07) is 0. The maximum atomic E-state index is 9.00. The van der Waals surface area contributed by atoms with Crippen molar-refractivity contribution in [2.45, 2.75) is 71.1 Å². The third kappa shape index (κ3) is 5.55. The Morgan fingerprint density at radius 1 is 1.07 bits per heavy atom. The molecule has 90 valence electrons. The van der Waals surface area contributed by atoms with Crippen LogP contribution in [0.2, 0.25) is 0 Å². The van der Waals surface area contributed by atoms with E-state index in [0.29, 0.717) is 6.61 Å². The fourth-order valence-corrected chi connectivity index (χ4v) is 2.97. The molecule has 1 heteroatoms. The molecule has 0 aromatic carbocycles. The summed E-state index contributed by atoms with van der Waals surface area (Å²) in [5.74, 6) is 1.80. The minimum absolute atomic E-state index is 0.384. The fraction of sp³-hybridized carbons (Fsp3) is 1.00. The lowest BCUT2D eigenvalue weighted by Crippen LogP contribution is -2.10. The maximum Gasteiger partial charge on any atom is 0.0433 e. The molecule has 1 atom stereocenters. The molecule has 0 amide bonds. The van der Waals surface area contributed by atoms with Gasteiger partial charge in [-0.25, -0.2) is 0 Å². The highest BCUT2D eigenvalue weighted by molar-refractivity contribution is 4.68. The molecular formula is C14H28O. The van der Waals surface area contributed by atoms with Gasteiger partial charge in [0.1, 0.15) is 0 Å². The van der Waals surface area contributed by atoms with Crippen LogP contribution in [0.4, 0.5) is 0 Å². The summed E-state index contributed by atoms with van der Waals surface area (Å²) in [5.41, 5.74) is 0. The summed E-state index contributed by atoms with van der Waals surface area (Å²) in [5, 5.41) is 9.00. The quantitative estimate of drug-likeness (QED) is 0.672. The zero-order valence-electron chi connectivity index (χ0n) is 10.4. The van der Waals surface area contributed by atoms with Gasteiger partial charge in [0, 0.05) is 6.61 Å². The summed E-state index contributed by atoms with van der Waals surface area (Å²) in [6.07, 6.45) is 13.7. The summed E-state index contributed by atoms with van der Waals surface area (Å²) in [6.45, 7) is 2.64. The molecule has 1 unspecified atom stereocenters. The Bertz CT molecular complexity index is 132. The molecule has 1 N–H and O–H groups in total. The van der Waals surface area contributed by atoms with E-state index >= 15 is 0 Å². The van der Waals surface area contributed by atoms with E-state index in [0.717, 1.165) is 18.3 Å². The second-order valence-corrected chi connectivity index (χ2v) is 5.25. The monoisotopic (exact) mass is 212 g/mol. The van der Waals surface area contributed by atoms with Gasteiger partial charge in [-0.1, -0.05) is 64.7 Å². The minimum Gasteiger partial charge on any atom is -0.396 e. The average molecular weight is 212 g/mol. The van der Waals surface area contributed by atoms with Crippen LogP contribution in [0.15, 0.2) is 0 Å². The van der Waals surface area contributed by atoms with Gasteiger partial charge in [0.05, 0.1) is 0 Å². The van der Waals surface area contributed by atoms with Gasteiger partial charge in [-0.15, -0.1) is 0 Å². The van der Waals surface area contributed by atoms with Gasteiger partial charge >= 0.3 is 0 Å². The second kappa shape index (κ2) is 8.15. The van der Waals surface area contributed by atoms with Crippen LogP contribution >= 0.6 is 0 Å². The molecular weight excluding hydrogens is 184 g/mol. The third-order valence-electron chi connectivity index (χ3n) is 3.94. The molecule has 1 nitrogen and oxygen atoms in total. The lowest BCUT2D eigenvalue weighted by molar-refractivity contribution is 0.231. The molecule has 0 saturated heterocycles. The van der Waals surface area contributed by atoms with Crippen molar-refractivity contribution in [1.82, 2.24) is 0 Å². The van der Waals surface area contributed by atoms with Crippen LogP contribution in [-0.2, 0) is 0 Å². The van der Waals surface area contributed by atoms with Crippen LogP contribution in [0.1, 0.15) is 71.1 Å². The predicted molar refractivity (Wildman–Crippen MR) is 65.9 cm³/mol. The second-order valence-electron chi connectivity index (χ2n) is 5.25. The van der Waals surface area contributed by atoms with E-state index in [1.807, 2.05) is 0 Å². The Hall–Kier alpha value is -0.0400. The van der Waals surface area contributed by atoms with Crippen LogP contribution in [0.25, 0.3) is 0 Å². The molecule has 0 radical (unpaired) electrons. The Balaban J connectivity index is 2.13. The van der Waals surface area contributed by atoms with Gasteiger partial charge in [0.15, 0.2) is 0 Å². The van der Waals surface area contributed by atoms with Crippen molar-refractivity contribution in [1.29, 1.82) is 0 Å². The topological polar surface area (TPSA) is 20.2 Å². The van der Waals surface area contributed by atoms with E-state index in [1.165, 1.54) is 57.8 Å². The molecule has 0 heterocycles. The van der Waals surface area contributed by atoms with E-state index < -0.39 is 0 Å². The minimum atomic E-state index is 0.384. The summed E-state index contributed by atoms with van der Waals surface area (Å²) >= 11 is 0. The molecule has 0 aromatic heterocycles. The van der Waals surface area contributed by atoms with Crippen LogP contribution in [0.5, 0.6) is 0 Å². The predicted octanol–water partition coefficient (Wildman–Crippen LogP) is 4.15. The number of hydrogen-bond donors (Lipinski definition) is 1. The van der Waals surface area contributed by atoms with Gasteiger partial charge in [0.2, 0.25) is 0 Å². The molecule has 1 fully saturated rings. The van der Waals surface area contributed by atoms with Crippen molar-refractivity contribution in [2.24, 2.45) is 11.8 Å². The van der Waals surface area contributed by atoms with Crippen LogP contribution in [0.3, 0.4) is 0 Å². The summed E-state index contributed by atoms with van der Waals surface area (Å²) < 4.78 is 0. The molecule has 1 aliphatic carbocycles. The Kier molecular flexibility index (Phi) is 7.08. The van der Waals surface area contributed by atoms with Gasteiger partial charge in [-0.2, -0.15) is 0 Å².